The average molecular weight is 888 g/mol. The smallest absolute Gasteiger partial charge is 0.0993 e. The first kappa shape index (κ1) is 37.3. The third kappa shape index (κ3) is 7.60. The van der Waals surface area contributed by atoms with Gasteiger partial charge in [-0.3, -0.25) is 29.4 Å². The van der Waals surface area contributed by atoms with Crippen LogP contribution in [0.15, 0.2) is 110 Å². The summed E-state index contributed by atoms with van der Waals surface area (Å²) in [5.74, 6) is 0. The summed E-state index contributed by atoms with van der Waals surface area (Å²) in [5, 5.41) is 18.8. The van der Waals surface area contributed by atoms with Gasteiger partial charge in [0.05, 0.1) is 125 Å². The van der Waals surface area contributed by atoms with Gasteiger partial charge in [-0.15, -0.1) is 34.0 Å². The van der Waals surface area contributed by atoms with Crippen LogP contribution in [0.5, 0.6) is 0 Å². The lowest BCUT2D eigenvalue weighted by Crippen LogP contribution is -1.91. The predicted molar refractivity (Wildman–Crippen MR) is 242 cm³/mol. The molecule has 0 amide bonds. The number of nitrogens with one attached hydrogen (secondary N) is 1. The van der Waals surface area contributed by atoms with E-state index in [1.807, 2.05) is 104 Å². The second-order valence-corrected chi connectivity index (χ2v) is 18.4. The van der Waals surface area contributed by atoms with Crippen LogP contribution in [0.3, 0.4) is 0 Å². The summed E-state index contributed by atoms with van der Waals surface area (Å²) >= 11 is 22.4. The maximum Gasteiger partial charge on any atom is 0.0993 e. The van der Waals surface area contributed by atoms with Crippen molar-refractivity contribution < 1.29 is 0 Å². The highest BCUT2D eigenvalue weighted by molar-refractivity contribution is 7.20. The van der Waals surface area contributed by atoms with E-state index < -0.39 is 0 Å². The van der Waals surface area contributed by atoms with E-state index >= 15 is 0 Å². The van der Waals surface area contributed by atoms with Crippen molar-refractivity contribution in [2.75, 3.05) is 0 Å². The molecule has 0 radical (unpaired) electrons. The normalized spacial score (nSPS) is 11.5. The van der Waals surface area contributed by atoms with Gasteiger partial charge in [-0.1, -0.05) is 34.8 Å². The van der Waals surface area contributed by atoms with Gasteiger partial charge in [-0.05, 0) is 72.8 Å². The van der Waals surface area contributed by atoms with Crippen molar-refractivity contribution >= 4 is 135 Å². The number of rotatable bonds is 3. The predicted octanol–water partition coefficient (Wildman–Crippen LogP) is 11.7. The van der Waals surface area contributed by atoms with Gasteiger partial charge in [-0.25, -0.2) is 15.0 Å². The van der Waals surface area contributed by atoms with Gasteiger partial charge in [0.2, 0.25) is 0 Å². The fourth-order valence-electron chi connectivity index (χ4n) is 6.48. The van der Waals surface area contributed by atoms with Crippen LogP contribution in [0.2, 0.25) is 13.0 Å². The summed E-state index contributed by atoms with van der Waals surface area (Å²) < 4.78 is 5.89. The second-order valence-electron chi connectivity index (χ2n) is 13.2. The number of aromatic nitrogens is 12. The number of halogens is 3. The van der Waals surface area contributed by atoms with E-state index in [0.717, 1.165) is 111 Å². The number of benzene rings is 3. The Kier molecular flexibility index (Phi) is 9.71. The molecule has 59 heavy (non-hydrogen) atoms. The van der Waals surface area contributed by atoms with Crippen LogP contribution in [-0.2, 0) is 14.1 Å². The topological polar surface area (TPSA) is 142 Å². The summed E-state index contributed by atoms with van der Waals surface area (Å²) in [4.78, 5) is 30.5. The van der Waals surface area contributed by atoms with Crippen molar-refractivity contribution in [1.82, 2.24) is 59.7 Å². The fraction of sp³-hybridized carbons (Fsp3) is 0.0488. The van der Waals surface area contributed by atoms with Gasteiger partial charge in [0.15, 0.2) is 0 Å². The molecule has 0 unspecified atom stereocenters. The van der Waals surface area contributed by atoms with Crippen LogP contribution in [-0.4, -0.2) is 59.7 Å². The molecule has 12 nitrogen and oxygen atoms in total. The highest BCUT2D eigenvalue weighted by Gasteiger charge is 2.11. The molecule has 0 atom stereocenters. The van der Waals surface area contributed by atoms with Crippen LogP contribution in [0.25, 0.3) is 97.5 Å². The summed E-state index contributed by atoms with van der Waals surface area (Å²) in [6.45, 7) is 0. The lowest BCUT2D eigenvalue weighted by Gasteiger charge is -2.01. The van der Waals surface area contributed by atoms with Crippen molar-refractivity contribution in [2.45, 2.75) is 0 Å². The van der Waals surface area contributed by atoms with Gasteiger partial charge in [0, 0.05) is 36.5 Å². The molecule has 12 rings (SSSR count). The molecular formula is C41H25Cl3N12S3. The zero-order valence-corrected chi connectivity index (χ0v) is 35.4. The molecule has 18 heteroatoms. The lowest BCUT2D eigenvalue weighted by molar-refractivity contribution is 0.780. The minimum Gasteiger partial charge on any atom is -0.278 e. The first-order valence-corrected chi connectivity index (χ1v) is 21.3. The number of aromatic amines is 1. The van der Waals surface area contributed by atoms with Crippen molar-refractivity contribution in [2.24, 2.45) is 14.1 Å². The Hall–Kier alpha value is -5.94. The molecule has 0 fully saturated rings. The monoisotopic (exact) mass is 886 g/mol. The molecule has 0 saturated heterocycles. The summed E-state index contributed by atoms with van der Waals surface area (Å²) in [5.41, 5.74) is 10.6. The largest absolute Gasteiger partial charge is 0.278 e. The Labute approximate surface area is 360 Å². The molecule has 9 aromatic heterocycles. The highest BCUT2D eigenvalue weighted by atomic mass is 35.5. The average Bonchev–Trinajstić information content (AvgIpc) is 4.11. The molecule has 12 aromatic rings. The minimum atomic E-state index is 0.751. The Morgan fingerprint density at radius 2 is 1.02 bits per heavy atom. The number of fused-ring (bicyclic) bond motifs is 6. The molecule has 0 spiro atoms. The fourth-order valence-corrected chi connectivity index (χ4v) is 9.47. The number of H-pyrrole nitrogens is 1. The number of aryl methyl sites for hydroxylation is 2. The van der Waals surface area contributed by atoms with Gasteiger partial charge < -0.3 is 0 Å². The van der Waals surface area contributed by atoms with Gasteiger partial charge >= 0.3 is 0 Å². The second kappa shape index (κ2) is 15.3. The van der Waals surface area contributed by atoms with Gasteiger partial charge in [0.25, 0.3) is 0 Å². The van der Waals surface area contributed by atoms with E-state index in [1.165, 1.54) is 34.0 Å². The Bertz CT molecular complexity index is 3490. The van der Waals surface area contributed by atoms with E-state index in [-0.39, 0.29) is 0 Å². The third-order valence-corrected chi connectivity index (χ3v) is 13.0. The molecule has 288 valence electrons. The quantitative estimate of drug-likeness (QED) is 0.183. The minimum absolute atomic E-state index is 0.751. The van der Waals surface area contributed by atoms with E-state index in [1.54, 1.807) is 29.5 Å². The lowest BCUT2D eigenvalue weighted by atomic mass is 10.2. The Morgan fingerprint density at radius 1 is 0.508 bits per heavy atom. The summed E-state index contributed by atoms with van der Waals surface area (Å²) in [6, 6.07) is 23.4. The number of hydrogen-bond acceptors (Lipinski definition) is 12. The molecule has 0 bridgehead atoms. The van der Waals surface area contributed by atoms with Gasteiger partial charge in [-0.2, -0.15) is 15.3 Å². The molecule has 3 aromatic carbocycles. The van der Waals surface area contributed by atoms with Crippen LogP contribution in [0.4, 0.5) is 0 Å². The number of nitrogens with zero attached hydrogens (tertiary/aromatic N) is 11. The Morgan fingerprint density at radius 3 is 1.56 bits per heavy atom. The maximum absolute atomic E-state index is 5.97. The standard InChI is InChI=1S/2C14H9ClN4S.C13H7ClN4S/c1-19-7-8-4-10-11(5-9(8)18-19)17-12(6-16-10)13-2-3-14(15)20-13;1-19-12-5-10-9(4-8(12)6-17-19)16-7-11(18-10)13-2-3-14(15)20-13;14-13-2-1-12(19-13)11-6-15-9-3-7-5-16-18-8(7)4-10(9)17-11/h2*2-7H,1H3;1-6H,(H,16,18). The SMILES string of the molecule is Clc1ccc(-c2cnc3cc4cn[nH]c4cc3n2)s1.Cn1cc2cc3ncc(-c4ccc(Cl)s4)nc3cc2n1.Cn1ncc2cc3ncc(-c4ccc(Cl)s4)nc3cc21. The zero-order chi connectivity index (χ0) is 40.2. The zero-order valence-electron chi connectivity index (χ0n) is 30.7. The van der Waals surface area contributed by atoms with E-state index in [9.17, 15) is 0 Å². The van der Waals surface area contributed by atoms with E-state index in [4.69, 9.17) is 34.8 Å². The van der Waals surface area contributed by atoms with Crippen LogP contribution < -0.4 is 0 Å². The molecule has 0 aliphatic rings. The first-order chi connectivity index (χ1) is 28.7. The summed E-state index contributed by atoms with van der Waals surface area (Å²) in [7, 11) is 3.83. The molecule has 1 N–H and O–H groups in total. The van der Waals surface area contributed by atoms with Crippen LogP contribution in [0, 0.1) is 0 Å². The maximum atomic E-state index is 5.97. The molecule has 0 aliphatic carbocycles. The van der Waals surface area contributed by atoms with Crippen LogP contribution >= 0.6 is 68.8 Å². The third-order valence-electron chi connectivity index (χ3n) is 9.27. The number of thiophene rings is 3. The van der Waals surface area contributed by atoms with E-state index in [2.05, 4.69) is 50.3 Å². The number of hydrogen-bond donors (Lipinski definition) is 1. The molecule has 9 heterocycles. The Balaban J connectivity index is 0.000000107. The summed E-state index contributed by atoms with van der Waals surface area (Å²) in [6.07, 6.45) is 10.9. The molecule has 0 saturated carbocycles. The van der Waals surface area contributed by atoms with Gasteiger partial charge in [0.1, 0.15) is 0 Å². The van der Waals surface area contributed by atoms with Crippen LogP contribution in [0.1, 0.15) is 0 Å². The van der Waals surface area contributed by atoms with Crippen molar-refractivity contribution in [3.8, 4) is 31.7 Å². The highest BCUT2D eigenvalue weighted by Crippen LogP contribution is 2.33. The first-order valence-electron chi connectivity index (χ1n) is 17.7. The van der Waals surface area contributed by atoms with Crippen molar-refractivity contribution in [3.63, 3.8) is 0 Å². The molecule has 0 aliphatic heterocycles. The van der Waals surface area contributed by atoms with Crippen molar-refractivity contribution in [3.05, 3.63) is 123 Å². The van der Waals surface area contributed by atoms with E-state index in [0.29, 0.717) is 0 Å². The van der Waals surface area contributed by atoms with Crippen molar-refractivity contribution in [1.29, 1.82) is 0 Å². The molecular weight excluding hydrogens is 863 g/mol.